The van der Waals surface area contributed by atoms with Gasteiger partial charge in [0.15, 0.2) is 0 Å². The van der Waals surface area contributed by atoms with E-state index in [0.29, 0.717) is 24.9 Å². The molecule has 7 heteroatoms. The lowest BCUT2D eigenvalue weighted by Gasteiger charge is -2.19. The molecule has 0 fully saturated rings. The van der Waals surface area contributed by atoms with Crippen LogP contribution in [0.5, 0.6) is 0 Å². The molecule has 5 nitrogen and oxygen atoms in total. The Bertz CT molecular complexity index is 808. The number of amides is 1. The summed E-state index contributed by atoms with van der Waals surface area (Å²) < 4.78 is 38.6. The van der Waals surface area contributed by atoms with Crippen LogP contribution < -0.4 is 9.62 Å². The standard InChI is InChI=1S/C19H23FN2O3S/c1-22(18-7-3-2-4-8-18)26(24,25)15-14-21-19(23)9-5-6-16-10-12-17(20)13-11-16/h2-4,7-8,10-13H,5-6,9,14-15H2,1H3,(H,21,23). The topological polar surface area (TPSA) is 66.5 Å². The number of rotatable bonds is 9. The van der Waals surface area contributed by atoms with Gasteiger partial charge in [0.1, 0.15) is 5.82 Å². The number of anilines is 1. The first kappa shape index (κ1) is 19.9. The van der Waals surface area contributed by atoms with E-state index in [9.17, 15) is 17.6 Å². The van der Waals surface area contributed by atoms with E-state index in [1.165, 1.54) is 23.5 Å². The molecular formula is C19H23FN2O3S. The van der Waals surface area contributed by atoms with E-state index in [1.54, 1.807) is 36.4 Å². The molecule has 0 radical (unpaired) electrons. The molecule has 0 spiro atoms. The minimum absolute atomic E-state index is 0.0644. The summed E-state index contributed by atoms with van der Waals surface area (Å²) in [5.74, 6) is -0.639. The molecule has 26 heavy (non-hydrogen) atoms. The third kappa shape index (κ3) is 6.15. The van der Waals surface area contributed by atoms with Crippen molar-refractivity contribution in [2.75, 3.05) is 23.7 Å². The second-order valence-corrected chi connectivity index (χ2v) is 8.07. The summed E-state index contributed by atoms with van der Waals surface area (Å²) in [6, 6.07) is 15.0. The second-order valence-electron chi connectivity index (χ2n) is 5.95. The van der Waals surface area contributed by atoms with Gasteiger partial charge in [0, 0.05) is 20.0 Å². The van der Waals surface area contributed by atoms with Crippen LogP contribution >= 0.6 is 0 Å². The van der Waals surface area contributed by atoms with Crippen LogP contribution in [0.15, 0.2) is 54.6 Å². The zero-order chi connectivity index (χ0) is 19.0. The van der Waals surface area contributed by atoms with Crippen molar-refractivity contribution in [2.45, 2.75) is 19.3 Å². The predicted molar refractivity (Wildman–Crippen MR) is 101 cm³/mol. The third-order valence-electron chi connectivity index (χ3n) is 4.00. The van der Waals surface area contributed by atoms with Crippen LogP contribution in [0.2, 0.25) is 0 Å². The highest BCUT2D eigenvalue weighted by molar-refractivity contribution is 7.92. The maximum absolute atomic E-state index is 12.8. The lowest BCUT2D eigenvalue weighted by atomic mass is 10.1. The van der Waals surface area contributed by atoms with Gasteiger partial charge in [0.05, 0.1) is 11.4 Å². The summed E-state index contributed by atoms with van der Waals surface area (Å²) in [7, 11) is -2.00. The average Bonchev–Trinajstić information content (AvgIpc) is 2.63. The van der Waals surface area contributed by atoms with E-state index in [2.05, 4.69) is 5.32 Å². The molecule has 0 aromatic heterocycles. The highest BCUT2D eigenvalue weighted by Crippen LogP contribution is 2.15. The first-order chi connectivity index (χ1) is 12.4. The van der Waals surface area contributed by atoms with Crippen molar-refractivity contribution in [1.82, 2.24) is 5.32 Å². The van der Waals surface area contributed by atoms with Gasteiger partial charge in [-0.3, -0.25) is 9.10 Å². The van der Waals surface area contributed by atoms with Gasteiger partial charge in [-0.05, 0) is 42.7 Å². The maximum Gasteiger partial charge on any atom is 0.236 e. The SMILES string of the molecule is CN(c1ccccc1)S(=O)(=O)CCNC(=O)CCCc1ccc(F)cc1. The van der Waals surface area contributed by atoms with Crippen molar-refractivity contribution in [1.29, 1.82) is 0 Å². The van der Waals surface area contributed by atoms with Crippen LogP contribution in [0.25, 0.3) is 0 Å². The quantitative estimate of drug-likeness (QED) is 0.730. The Morgan fingerprint density at radius 1 is 1.08 bits per heavy atom. The largest absolute Gasteiger partial charge is 0.355 e. The predicted octanol–water partition coefficient (Wildman–Crippen LogP) is 2.73. The monoisotopic (exact) mass is 378 g/mol. The summed E-state index contributed by atoms with van der Waals surface area (Å²) >= 11 is 0. The molecule has 0 saturated carbocycles. The van der Waals surface area contributed by atoms with Crippen molar-refractivity contribution in [3.8, 4) is 0 Å². The number of carbonyl (C=O) groups is 1. The Balaban J connectivity index is 1.71. The van der Waals surface area contributed by atoms with Crippen molar-refractivity contribution >= 4 is 21.6 Å². The summed E-state index contributed by atoms with van der Waals surface area (Å²) in [4.78, 5) is 11.8. The number of sulfonamides is 1. The van der Waals surface area contributed by atoms with E-state index >= 15 is 0 Å². The van der Waals surface area contributed by atoms with E-state index in [4.69, 9.17) is 0 Å². The van der Waals surface area contributed by atoms with Crippen LogP contribution in [0.3, 0.4) is 0 Å². The van der Waals surface area contributed by atoms with Gasteiger partial charge in [0.2, 0.25) is 15.9 Å². The number of benzene rings is 2. The molecule has 1 N–H and O–H groups in total. The summed E-state index contributed by atoms with van der Waals surface area (Å²) in [6.45, 7) is 0.0644. The van der Waals surface area contributed by atoms with E-state index in [1.807, 2.05) is 6.07 Å². The third-order valence-corrected chi connectivity index (χ3v) is 5.77. The molecular weight excluding hydrogens is 355 g/mol. The summed E-state index contributed by atoms with van der Waals surface area (Å²) in [5.41, 5.74) is 1.55. The van der Waals surface area contributed by atoms with Gasteiger partial charge in [0.25, 0.3) is 0 Å². The smallest absolute Gasteiger partial charge is 0.236 e. The molecule has 2 rings (SSSR count). The lowest BCUT2D eigenvalue weighted by molar-refractivity contribution is -0.121. The number of hydrogen-bond donors (Lipinski definition) is 1. The van der Waals surface area contributed by atoms with Crippen molar-refractivity contribution in [2.24, 2.45) is 0 Å². The fraction of sp³-hybridized carbons (Fsp3) is 0.316. The Hall–Kier alpha value is -2.41. The average molecular weight is 378 g/mol. The number of aryl methyl sites for hydroxylation is 1. The highest BCUT2D eigenvalue weighted by Gasteiger charge is 2.18. The van der Waals surface area contributed by atoms with Crippen LogP contribution in [0.1, 0.15) is 18.4 Å². The maximum atomic E-state index is 12.8. The number of para-hydroxylation sites is 1. The zero-order valence-electron chi connectivity index (χ0n) is 14.7. The number of carbonyl (C=O) groups excluding carboxylic acids is 1. The molecule has 140 valence electrons. The molecule has 0 bridgehead atoms. The van der Waals surface area contributed by atoms with Crippen LogP contribution in [-0.2, 0) is 21.2 Å². The molecule has 0 atom stereocenters. The minimum Gasteiger partial charge on any atom is -0.355 e. The molecule has 0 saturated heterocycles. The lowest BCUT2D eigenvalue weighted by Crippen LogP contribution is -2.35. The molecule has 1 amide bonds. The second kappa shape index (κ2) is 9.33. The van der Waals surface area contributed by atoms with Gasteiger partial charge in [-0.15, -0.1) is 0 Å². The van der Waals surface area contributed by atoms with E-state index in [0.717, 1.165) is 5.56 Å². The zero-order valence-corrected chi connectivity index (χ0v) is 15.5. The number of halogens is 1. The van der Waals surface area contributed by atoms with E-state index in [-0.39, 0.29) is 24.0 Å². The molecule has 0 aliphatic carbocycles. The Kier molecular flexibility index (Phi) is 7.15. The molecule has 0 heterocycles. The fourth-order valence-electron chi connectivity index (χ4n) is 2.45. The van der Waals surface area contributed by atoms with Gasteiger partial charge in [-0.2, -0.15) is 0 Å². The van der Waals surface area contributed by atoms with Crippen LogP contribution in [0.4, 0.5) is 10.1 Å². The Morgan fingerprint density at radius 3 is 2.38 bits per heavy atom. The van der Waals surface area contributed by atoms with Gasteiger partial charge in [-0.25, -0.2) is 12.8 Å². The normalized spacial score (nSPS) is 11.2. The van der Waals surface area contributed by atoms with Gasteiger partial charge in [-0.1, -0.05) is 30.3 Å². The van der Waals surface area contributed by atoms with Crippen LogP contribution in [-0.4, -0.2) is 33.7 Å². The molecule has 0 unspecified atom stereocenters. The summed E-state index contributed by atoms with van der Waals surface area (Å²) in [6.07, 6.45) is 1.59. The van der Waals surface area contributed by atoms with Gasteiger partial charge < -0.3 is 5.32 Å². The van der Waals surface area contributed by atoms with Gasteiger partial charge >= 0.3 is 0 Å². The molecule has 2 aromatic rings. The highest BCUT2D eigenvalue weighted by atomic mass is 32.2. The van der Waals surface area contributed by atoms with Crippen molar-refractivity contribution in [3.05, 3.63) is 66.0 Å². The number of nitrogens with zero attached hydrogens (tertiary/aromatic N) is 1. The van der Waals surface area contributed by atoms with Crippen molar-refractivity contribution < 1.29 is 17.6 Å². The number of hydrogen-bond acceptors (Lipinski definition) is 3. The fourth-order valence-corrected chi connectivity index (χ4v) is 3.52. The molecule has 0 aliphatic heterocycles. The minimum atomic E-state index is -3.49. The summed E-state index contributed by atoms with van der Waals surface area (Å²) in [5, 5.41) is 2.64. The van der Waals surface area contributed by atoms with Crippen LogP contribution in [0, 0.1) is 5.82 Å². The van der Waals surface area contributed by atoms with Crippen molar-refractivity contribution in [3.63, 3.8) is 0 Å². The molecule has 2 aromatic carbocycles. The Labute approximate surface area is 153 Å². The number of nitrogens with one attached hydrogen (secondary N) is 1. The first-order valence-electron chi connectivity index (χ1n) is 8.41. The Morgan fingerprint density at radius 2 is 1.73 bits per heavy atom. The van der Waals surface area contributed by atoms with E-state index < -0.39 is 10.0 Å². The first-order valence-corrected chi connectivity index (χ1v) is 10.0. The molecule has 0 aliphatic rings.